The minimum Gasteiger partial charge on any atom is -0.354 e. The Morgan fingerprint density at radius 3 is 2.70 bits per heavy atom. The molecule has 0 spiro atoms. The Labute approximate surface area is 138 Å². The number of hydrogen-bond donors (Lipinski definition) is 1. The predicted molar refractivity (Wildman–Crippen MR) is 89.8 cm³/mol. The van der Waals surface area contributed by atoms with E-state index in [-0.39, 0.29) is 17.1 Å². The monoisotopic (exact) mass is 318 g/mol. The summed E-state index contributed by atoms with van der Waals surface area (Å²) in [6.07, 6.45) is 7.98. The van der Waals surface area contributed by atoms with Gasteiger partial charge in [0.15, 0.2) is 0 Å². The second-order valence-corrected chi connectivity index (χ2v) is 7.27. The Balaban J connectivity index is 1.65. The molecule has 1 N–H and O–H groups in total. The number of benzene rings is 1. The lowest BCUT2D eigenvalue weighted by atomic mass is 9.69. The number of amides is 1. The molecule has 2 fully saturated rings. The Hall–Kier alpha value is -1.42. The number of carbonyl (C=O) groups is 1. The molecule has 0 atom stereocenters. The highest BCUT2D eigenvalue weighted by Crippen LogP contribution is 2.39. The molecule has 0 bridgehead atoms. The van der Waals surface area contributed by atoms with Crippen molar-refractivity contribution in [1.29, 1.82) is 0 Å². The number of nitrogens with zero attached hydrogens (tertiary/aromatic N) is 1. The topological polar surface area (TPSA) is 32.3 Å². The van der Waals surface area contributed by atoms with E-state index in [1.54, 1.807) is 12.1 Å². The van der Waals surface area contributed by atoms with Crippen molar-refractivity contribution in [2.24, 2.45) is 0 Å². The standard InChI is InChI=1S/C19H27FN2O/c1-22(17-8-9-17)13-18(23)21-14-19(10-3-2-4-11-19)15-6-5-7-16(20)12-15/h5-7,12,17H,2-4,8-11,13-14H2,1H3,(H,21,23). The molecule has 0 aliphatic heterocycles. The van der Waals surface area contributed by atoms with Crippen molar-refractivity contribution in [2.45, 2.75) is 56.4 Å². The van der Waals surface area contributed by atoms with Gasteiger partial charge in [-0.25, -0.2) is 4.39 Å². The summed E-state index contributed by atoms with van der Waals surface area (Å²) in [7, 11) is 2.01. The number of hydrogen-bond acceptors (Lipinski definition) is 2. The molecule has 0 aromatic heterocycles. The number of rotatable bonds is 6. The highest BCUT2D eigenvalue weighted by molar-refractivity contribution is 5.78. The lowest BCUT2D eigenvalue weighted by molar-refractivity contribution is -0.122. The van der Waals surface area contributed by atoms with Gasteiger partial charge in [-0.15, -0.1) is 0 Å². The van der Waals surface area contributed by atoms with Gasteiger partial charge in [0, 0.05) is 18.0 Å². The fraction of sp³-hybridized carbons (Fsp3) is 0.632. The van der Waals surface area contributed by atoms with Gasteiger partial charge in [-0.05, 0) is 50.4 Å². The smallest absolute Gasteiger partial charge is 0.234 e. The van der Waals surface area contributed by atoms with Gasteiger partial charge in [0.2, 0.25) is 5.91 Å². The first kappa shape index (κ1) is 16.4. The molecule has 0 saturated heterocycles. The fourth-order valence-electron chi connectivity index (χ4n) is 3.81. The Kier molecular flexibility index (Phi) is 5.00. The maximum atomic E-state index is 13.7. The van der Waals surface area contributed by atoms with Gasteiger partial charge < -0.3 is 5.32 Å². The Bertz CT molecular complexity index is 550. The molecule has 4 heteroatoms. The van der Waals surface area contributed by atoms with Gasteiger partial charge in [0.05, 0.1) is 6.54 Å². The zero-order valence-electron chi connectivity index (χ0n) is 14.0. The zero-order valence-corrected chi connectivity index (χ0v) is 14.0. The van der Waals surface area contributed by atoms with Crippen LogP contribution in [0.2, 0.25) is 0 Å². The molecule has 3 nitrogen and oxygen atoms in total. The van der Waals surface area contributed by atoms with E-state index in [2.05, 4.69) is 10.2 Å². The van der Waals surface area contributed by atoms with Crippen molar-refractivity contribution in [1.82, 2.24) is 10.2 Å². The van der Waals surface area contributed by atoms with Crippen molar-refractivity contribution in [3.8, 4) is 0 Å². The molecule has 0 heterocycles. The molecule has 23 heavy (non-hydrogen) atoms. The molecule has 0 radical (unpaired) electrons. The highest BCUT2D eigenvalue weighted by Gasteiger charge is 2.35. The fourth-order valence-corrected chi connectivity index (χ4v) is 3.81. The second-order valence-electron chi connectivity index (χ2n) is 7.27. The minimum absolute atomic E-state index is 0.0840. The van der Waals surface area contributed by atoms with Crippen molar-refractivity contribution >= 4 is 5.91 Å². The van der Waals surface area contributed by atoms with E-state index in [0.29, 0.717) is 19.1 Å². The van der Waals surface area contributed by atoms with E-state index in [4.69, 9.17) is 0 Å². The quantitative estimate of drug-likeness (QED) is 0.873. The summed E-state index contributed by atoms with van der Waals surface area (Å²) in [5.41, 5.74) is 0.932. The van der Waals surface area contributed by atoms with Crippen LogP contribution in [0.1, 0.15) is 50.5 Å². The summed E-state index contributed by atoms with van der Waals surface area (Å²) >= 11 is 0. The average molecular weight is 318 g/mol. The van der Waals surface area contributed by atoms with Crippen LogP contribution in [0.5, 0.6) is 0 Å². The third-order valence-corrected chi connectivity index (χ3v) is 5.43. The van der Waals surface area contributed by atoms with E-state index >= 15 is 0 Å². The molecule has 126 valence electrons. The van der Waals surface area contributed by atoms with Crippen LogP contribution in [0.4, 0.5) is 4.39 Å². The van der Waals surface area contributed by atoms with Crippen LogP contribution in [0.15, 0.2) is 24.3 Å². The summed E-state index contributed by atoms with van der Waals surface area (Å²) < 4.78 is 13.7. The number of halogens is 1. The van der Waals surface area contributed by atoms with Crippen molar-refractivity contribution in [3.05, 3.63) is 35.6 Å². The summed E-state index contributed by atoms with van der Waals surface area (Å²) in [5, 5.41) is 3.12. The summed E-state index contributed by atoms with van der Waals surface area (Å²) in [6.45, 7) is 1.08. The molecule has 2 aliphatic rings. The Morgan fingerprint density at radius 1 is 1.30 bits per heavy atom. The predicted octanol–water partition coefficient (Wildman–Crippen LogP) is 3.24. The van der Waals surface area contributed by atoms with E-state index in [1.807, 2.05) is 13.1 Å². The van der Waals surface area contributed by atoms with Crippen LogP contribution >= 0.6 is 0 Å². The first-order valence-electron chi connectivity index (χ1n) is 8.82. The zero-order chi connectivity index (χ0) is 16.3. The van der Waals surface area contributed by atoms with Crippen LogP contribution in [-0.2, 0) is 10.2 Å². The van der Waals surface area contributed by atoms with Gasteiger partial charge in [0.1, 0.15) is 5.82 Å². The van der Waals surface area contributed by atoms with E-state index in [9.17, 15) is 9.18 Å². The molecule has 2 saturated carbocycles. The van der Waals surface area contributed by atoms with E-state index < -0.39 is 0 Å². The average Bonchev–Trinajstić information content (AvgIpc) is 3.39. The summed E-state index contributed by atoms with van der Waals surface area (Å²) in [4.78, 5) is 14.4. The maximum Gasteiger partial charge on any atom is 0.234 e. The van der Waals surface area contributed by atoms with Gasteiger partial charge >= 0.3 is 0 Å². The number of carbonyl (C=O) groups excluding carboxylic acids is 1. The molecule has 1 amide bonds. The molecule has 3 rings (SSSR count). The van der Waals surface area contributed by atoms with Crippen LogP contribution in [0.25, 0.3) is 0 Å². The van der Waals surface area contributed by atoms with E-state index in [1.165, 1.54) is 25.3 Å². The van der Waals surface area contributed by atoms with Crippen LogP contribution in [0, 0.1) is 5.82 Å². The van der Waals surface area contributed by atoms with Crippen LogP contribution < -0.4 is 5.32 Å². The summed E-state index contributed by atoms with van der Waals surface area (Å²) in [5.74, 6) is -0.104. The number of likely N-dealkylation sites (N-methyl/N-ethyl adjacent to an activating group) is 1. The molecular weight excluding hydrogens is 291 g/mol. The first-order valence-corrected chi connectivity index (χ1v) is 8.82. The van der Waals surface area contributed by atoms with Gasteiger partial charge in [-0.1, -0.05) is 31.4 Å². The number of nitrogens with one attached hydrogen (secondary N) is 1. The lowest BCUT2D eigenvalue weighted by Gasteiger charge is -2.38. The molecule has 1 aromatic rings. The van der Waals surface area contributed by atoms with Crippen molar-refractivity contribution in [2.75, 3.05) is 20.1 Å². The van der Waals surface area contributed by atoms with E-state index in [0.717, 1.165) is 31.2 Å². The van der Waals surface area contributed by atoms with Gasteiger partial charge in [-0.2, -0.15) is 0 Å². The summed E-state index contributed by atoms with van der Waals surface area (Å²) in [6, 6.07) is 7.52. The molecular formula is C19H27FN2O. The van der Waals surface area contributed by atoms with Crippen molar-refractivity contribution in [3.63, 3.8) is 0 Å². The molecule has 0 unspecified atom stereocenters. The largest absolute Gasteiger partial charge is 0.354 e. The molecule has 1 aromatic carbocycles. The third kappa shape index (κ3) is 4.11. The molecule has 2 aliphatic carbocycles. The second kappa shape index (κ2) is 7.00. The normalized spacial score (nSPS) is 20.5. The maximum absolute atomic E-state index is 13.7. The minimum atomic E-state index is -0.188. The van der Waals surface area contributed by atoms with Crippen LogP contribution in [-0.4, -0.2) is 37.0 Å². The van der Waals surface area contributed by atoms with Crippen molar-refractivity contribution < 1.29 is 9.18 Å². The van der Waals surface area contributed by atoms with Gasteiger partial charge in [0.25, 0.3) is 0 Å². The lowest BCUT2D eigenvalue weighted by Crippen LogP contribution is -2.45. The van der Waals surface area contributed by atoms with Gasteiger partial charge in [-0.3, -0.25) is 9.69 Å². The SMILES string of the molecule is CN(CC(=O)NCC1(c2cccc(F)c2)CCCCC1)C1CC1. The third-order valence-electron chi connectivity index (χ3n) is 5.43. The Morgan fingerprint density at radius 2 is 2.04 bits per heavy atom. The highest BCUT2D eigenvalue weighted by atomic mass is 19.1. The van der Waals surface area contributed by atoms with Crippen LogP contribution in [0.3, 0.4) is 0 Å². The first-order chi connectivity index (χ1) is 11.1.